The highest BCUT2D eigenvalue weighted by Crippen LogP contribution is 2.44. The van der Waals surface area contributed by atoms with Gasteiger partial charge in [-0.25, -0.2) is 9.78 Å². The van der Waals surface area contributed by atoms with Gasteiger partial charge in [-0.3, -0.25) is 14.5 Å². The van der Waals surface area contributed by atoms with E-state index in [4.69, 9.17) is 9.47 Å². The highest BCUT2D eigenvalue weighted by Gasteiger charge is 2.46. The zero-order valence-corrected chi connectivity index (χ0v) is 20.9. The summed E-state index contributed by atoms with van der Waals surface area (Å²) in [6, 6.07) is 14.3. The molecule has 2 aromatic heterocycles. The van der Waals surface area contributed by atoms with Gasteiger partial charge >= 0.3 is 5.97 Å². The van der Waals surface area contributed by atoms with Gasteiger partial charge in [-0.05, 0) is 54.3 Å². The molecular formula is C26H20N2O6S2. The summed E-state index contributed by atoms with van der Waals surface area (Å²) in [5.41, 5.74) is 1.47. The first-order valence-corrected chi connectivity index (χ1v) is 12.7. The Balaban J connectivity index is 1.63. The molecule has 1 aliphatic rings. The maximum Gasteiger partial charge on any atom is 0.337 e. The summed E-state index contributed by atoms with van der Waals surface area (Å²) < 4.78 is 11.1. The smallest absolute Gasteiger partial charge is 0.337 e. The van der Waals surface area contributed by atoms with Crippen LogP contribution in [0.25, 0.3) is 10.2 Å². The first kappa shape index (κ1) is 23.7. The Hall–Kier alpha value is -4.02. The van der Waals surface area contributed by atoms with Crippen molar-refractivity contribution in [2.24, 2.45) is 0 Å². The van der Waals surface area contributed by atoms with Crippen LogP contribution in [-0.4, -0.2) is 41.5 Å². The number of aromatic nitrogens is 1. The number of ketones is 1. The minimum Gasteiger partial charge on any atom is -0.503 e. The molecule has 2 aromatic carbocycles. The van der Waals surface area contributed by atoms with Crippen molar-refractivity contribution in [3.8, 4) is 5.75 Å². The van der Waals surface area contributed by atoms with Crippen LogP contribution in [0.5, 0.6) is 5.75 Å². The SMILES string of the molecule is CCOc1ccc2nc(N3C(=O)C(O)=C(C(=O)c4cccs4)C3c3ccc(C(=O)OC)cc3)sc2c1. The van der Waals surface area contributed by atoms with E-state index in [-0.39, 0.29) is 5.57 Å². The van der Waals surface area contributed by atoms with Gasteiger partial charge in [0.25, 0.3) is 5.91 Å². The maximum atomic E-state index is 13.4. The van der Waals surface area contributed by atoms with E-state index in [1.54, 1.807) is 53.9 Å². The monoisotopic (exact) mass is 520 g/mol. The zero-order valence-electron chi connectivity index (χ0n) is 19.3. The average molecular weight is 521 g/mol. The molecular weight excluding hydrogens is 500 g/mol. The van der Waals surface area contributed by atoms with Crippen LogP contribution in [0.3, 0.4) is 0 Å². The van der Waals surface area contributed by atoms with Crippen molar-refractivity contribution in [3.05, 3.63) is 87.3 Å². The number of hydrogen-bond donors (Lipinski definition) is 1. The largest absolute Gasteiger partial charge is 0.503 e. The van der Waals surface area contributed by atoms with E-state index in [1.807, 2.05) is 13.0 Å². The number of anilines is 1. The summed E-state index contributed by atoms with van der Waals surface area (Å²) in [6.45, 7) is 2.40. The van der Waals surface area contributed by atoms with Crippen LogP contribution < -0.4 is 9.64 Å². The second-order valence-corrected chi connectivity index (χ2v) is 9.78. The number of ether oxygens (including phenoxy) is 2. The van der Waals surface area contributed by atoms with E-state index < -0.39 is 29.5 Å². The van der Waals surface area contributed by atoms with Gasteiger partial charge in [0.2, 0.25) is 5.78 Å². The van der Waals surface area contributed by atoms with Crippen LogP contribution in [0.4, 0.5) is 5.13 Å². The highest BCUT2D eigenvalue weighted by atomic mass is 32.1. The quantitative estimate of drug-likeness (QED) is 0.259. The predicted octanol–water partition coefficient (Wildman–Crippen LogP) is 5.33. The van der Waals surface area contributed by atoms with Crippen molar-refractivity contribution in [1.82, 2.24) is 4.98 Å². The topological polar surface area (TPSA) is 106 Å². The Bertz CT molecular complexity index is 1510. The molecule has 3 heterocycles. The molecule has 8 nitrogen and oxygen atoms in total. The molecule has 10 heteroatoms. The van der Waals surface area contributed by atoms with Crippen molar-refractivity contribution < 1.29 is 29.0 Å². The van der Waals surface area contributed by atoms with E-state index in [1.165, 1.54) is 34.7 Å². The molecule has 0 bridgehead atoms. The van der Waals surface area contributed by atoms with Crippen LogP contribution >= 0.6 is 22.7 Å². The fraction of sp³-hybridized carbons (Fsp3) is 0.154. The lowest BCUT2D eigenvalue weighted by atomic mass is 9.95. The number of methoxy groups -OCH3 is 1. The second kappa shape index (κ2) is 9.56. The molecule has 0 radical (unpaired) electrons. The Morgan fingerprint density at radius 3 is 2.58 bits per heavy atom. The van der Waals surface area contributed by atoms with Crippen molar-refractivity contribution in [3.63, 3.8) is 0 Å². The number of rotatable bonds is 7. The van der Waals surface area contributed by atoms with E-state index in [0.29, 0.717) is 39.0 Å². The lowest BCUT2D eigenvalue weighted by Gasteiger charge is -2.24. The number of amides is 1. The molecule has 1 amide bonds. The minimum absolute atomic E-state index is 0.0393. The van der Waals surface area contributed by atoms with Crippen LogP contribution in [0.1, 0.15) is 38.6 Å². The summed E-state index contributed by atoms with van der Waals surface area (Å²) in [5.74, 6) is -1.62. The first-order valence-electron chi connectivity index (χ1n) is 11.0. The van der Waals surface area contributed by atoms with Gasteiger partial charge in [-0.2, -0.15) is 0 Å². The Kier molecular flexibility index (Phi) is 6.29. The van der Waals surface area contributed by atoms with Gasteiger partial charge < -0.3 is 14.6 Å². The number of benzene rings is 2. The second-order valence-electron chi connectivity index (χ2n) is 7.82. The molecule has 182 valence electrons. The van der Waals surface area contributed by atoms with Crippen molar-refractivity contribution >= 4 is 55.7 Å². The molecule has 1 N–H and O–H groups in total. The summed E-state index contributed by atoms with van der Waals surface area (Å²) in [5, 5.41) is 13.0. The van der Waals surface area contributed by atoms with Crippen LogP contribution in [0, 0.1) is 0 Å². The number of thiazole rings is 1. The molecule has 1 unspecified atom stereocenters. The number of nitrogens with zero attached hydrogens (tertiary/aromatic N) is 2. The average Bonchev–Trinajstić information content (AvgIpc) is 3.62. The zero-order chi connectivity index (χ0) is 25.4. The standard InChI is InChI=1S/C26H20N2O6S2/c1-3-34-16-10-11-17-19(13-16)36-26(27-17)28-21(14-6-8-15(9-7-14)25(32)33-2)20(23(30)24(28)31)22(29)18-5-4-12-35-18/h4-13,21,30H,3H2,1-2H3. The molecule has 0 saturated carbocycles. The molecule has 0 saturated heterocycles. The Morgan fingerprint density at radius 1 is 1.14 bits per heavy atom. The van der Waals surface area contributed by atoms with E-state index in [2.05, 4.69) is 4.98 Å². The summed E-state index contributed by atoms with van der Waals surface area (Å²) >= 11 is 2.48. The minimum atomic E-state index is -0.939. The fourth-order valence-corrected chi connectivity index (χ4v) is 5.76. The van der Waals surface area contributed by atoms with Crippen LogP contribution in [-0.2, 0) is 9.53 Å². The van der Waals surface area contributed by atoms with E-state index in [0.717, 1.165) is 4.70 Å². The number of aliphatic hydroxyl groups excluding tert-OH is 1. The molecule has 0 fully saturated rings. The number of hydrogen-bond acceptors (Lipinski definition) is 9. The number of aliphatic hydroxyl groups is 1. The van der Waals surface area contributed by atoms with Crippen molar-refractivity contribution in [2.75, 3.05) is 18.6 Å². The number of Topliss-reactive ketones (excluding diaryl/α,β-unsaturated/α-hetero) is 1. The number of esters is 1. The molecule has 0 aliphatic carbocycles. The predicted molar refractivity (Wildman–Crippen MR) is 137 cm³/mol. The Labute approximate surface area is 214 Å². The number of carbonyl (C=O) groups excluding carboxylic acids is 3. The Morgan fingerprint density at radius 2 is 1.92 bits per heavy atom. The third-order valence-electron chi connectivity index (χ3n) is 5.71. The first-order chi connectivity index (χ1) is 17.4. The van der Waals surface area contributed by atoms with Gasteiger partial charge in [0, 0.05) is 0 Å². The number of carbonyl (C=O) groups is 3. The summed E-state index contributed by atoms with van der Waals surface area (Å²) in [6.07, 6.45) is 0. The van der Waals surface area contributed by atoms with Gasteiger partial charge in [0.15, 0.2) is 10.9 Å². The summed E-state index contributed by atoms with van der Waals surface area (Å²) in [4.78, 5) is 45.1. The molecule has 0 spiro atoms. The molecule has 36 heavy (non-hydrogen) atoms. The molecule has 1 aliphatic heterocycles. The normalized spacial score (nSPS) is 15.6. The van der Waals surface area contributed by atoms with Gasteiger partial charge in [-0.1, -0.05) is 29.5 Å². The van der Waals surface area contributed by atoms with Gasteiger partial charge in [-0.15, -0.1) is 11.3 Å². The number of fused-ring (bicyclic) bond motifs is 1. The third-order valence-corrected chi connectivity index (χ3v) is 7.60. The lowest BCUT2D eigenvalue weighted by molar-refractivity contribution is -0.117. The lowest BCUT2D eigenvalue weighted by Crippen LogP contribution is -2.31. The molecule has 1 atom stereocenters. The molecule has 5 rings (SSSR count). The van der Waals surface area contributed by atoms with Crippen LogP contribution in [0.2, 0.25) is 0 Å². The van der Waals surface area contributed by atoms with E-state index >= 15 is 0 Å². The summed E-state index contributed by atoms with van der Waals surface area (Å²) in [7, 11) is 1.29. The number of thiophene rings is 1. The highest BCUT2D eigenvalue weighted by molar-refractivity contribution is 7.22. The molecule has 4 aromatic rings. The van der Waals surface area contributed by atoms with Crippen molar-refractivity contribution in [2.45, 2.75) is 13.0 Å². The van der Waals surface area contributed by atoms with E-state index in [9.17, 15) is 19.5 Å². The van der Waals surface area contributed by atoms with Crippen molar-refractivity contribution in [1.29, 1.82) is 0 Å². The van der Waals surface area contributed by atoms with Gasteiger partial charge in [0.05, 0.1) is 46.0 Å². The van der Waals surface area contributed by atoms with Crippen LogP contribution in [0.15, 0.2) is 71.3 Å². The maximum absolute atomic E-state index is 13.4. The third kappa shape index (κ3) is 4.04. The fourth-order valence-electron chi connectivity index (χ4n) is 4.06. The van der Waals surface area contributed by atoms with Gasteiger partial charge in [0.1, 0.15) is 5.75 Å².